The van der Waals surface area contributed by atoms with E-state index in [0.717, 1.165) is 5.92 Å². The summed E-state index contributed by atoms with van der Waals surface area (Å²) >= 11 is 0. The average Bonchev–Trinajstić information content (AvgIpc) is 2.48. The molecule has 1 atom stereocenters. The zero-order valence-corrected chi connectivity index (χ0v) is 6.01. The Labute approximate surface area is 56.9 Å². The number of hydrogen-bond donors (Lipinski definition) is 1. The van der Waals surface area contributed by atoms with Crippen LogP contribution >= 0.6 is 0 Å². The van der Waals surface area contributed by atoms with E-state index < -0.39 is 0 Å². The summed E-state index contributed by atoms with van der Waals surface area (Å²) in [4.78, 5) is 0. The van der Waals surface area contributed by atoms with Crippen LogP contribution in [0.4, 0.5) is 0 Å². The maximum absolute atomic E-state index is 5.51. The average molecular weight is 125 g/mol. The Morgan fingerprint density at radius 3 is 2.78 bits per heavy atom. The van der Waals surface area contributed by atoms with Gasteiger partial charge in [-0.15, -0.1) is 0 Å². The molecule has 2 N–H and O–H groups in total. The Balaban J connectivity index is 2.01. The molecule has 0 aromatic rings. The van der Waals surface area contributed by atoms with Gasteiger partial charge in [-0.05, 0) is 32.1 Å². The largest absolute Gasteiger partial charge is 0.325 e. The summed E-state index contributed by atoms with van der Waals surface area (Å²) in [6.07, 6.45) is 8.41. The molecule has 1 aliphatic rings. The fraction of sp³-hybridized carbons (Fsp3) is 0.750. The van der Waals surface area contributed by atoms with Gasteiger partial charge in [0.05, 0.1) is 0 Å². The van der Waals surface area contributed by atoms with E-state index >= 15 is 0 Å². The zero-order chi connectivity index (χ0) is 6.69. The Morgan fingerprint density at radius 2 is 2.33 bits per heavy atom. The highest BCUT2D eigenvalue weighted by molar-refractivity contribution is 4.92. The van der Waals surface area contributed by atoms with E-state index in [1.165, 1.54) is 19.3 Å². The third kappa shape index (κ3) is 3.31. The van der Waals surface area contributed by atoms with Crippen LogP contribution in [0.5, 0.6) is 0 Å². The summed E-state index contributed by atoms with van der Waals surface area (Å²) in [6.45, 7) is 2.00. The molecule has 0 radical (unpaired) electrons. The topological polar surface area (TPSA) is 26.0 Å². The van der Waals surface area contributed by atoms with Crippen LogP contribution in [-0.4, -0.2) is 6.04 Å². The van der Waals surface area contributed by atoms with Gasteiger partial charge in [0.25, 0.3) is 0 Å². The van der Waals surface area contributed by atoms with Crippen LogP contribution < -0.4 is 5.73 Å². The van der Waals surface area contributed by atoms with Crippen molar-refractivity contribution in [1.29, 1.82) is 0 Å². The normalized spacial score (nSPS) is 22.9. The molecular weight excluding hydrogens is 110 g/mol. The standard InChI is InChI=1S/C8H15N/c1-7(9)3-2-4-8-5-6-8/h2-3,7-8H,4-6,9H2,1H3/b3-2+. The first kappa shape index (κ1) is 6.81. The molecule has 1 saturated carbocycles. The highest BCUT2D eigenvalue weighted by atomic mass is 14.6. The molecule has 0 saturated heterocycles. The molecule has 0 amide bonds. The lowest BCUT2D eigenvalue weighted by atomic mass is 10.2. The first-order valence-corrected chi connectivity index (χ1v) is 3.71. The van der Waals surface area contributed by atoms with E-state index in [-0.39, 0.29) is 6.04 Å². The Kier molecular flexibility index (Phi) is 2.29. The molecule has 0 heterocycles. The number of hydrogen-bond acceptors (Lipinski definition) is 1. The lowest BCUT2D eigenvalue weighted by Crippen LogP contribution is -2.09. The lowest BCUT2D eigenvalue weighted by Gasteiger charge is -1.92. The van der Waals surface area contributed by atoms with Gasteiger partial charge in [0.15, 0.2) is 0 Å². The molecule has 0 bridgehead atoms. The fourth-order valence-electron chi connectivity index (χ4n) is 0.839. The molecule has 1 aliphatic carbocycles. The van der Waals surface area contributed by atoms with Crippen molar-refractivity contribution in [1.82, 2.24) is 0 Å². The molecule has 1 fully saturated rings. The SMILES string of the molecule is CC(N)/C=C/CC1CC1. The van der Waals surface area contributed by atoms with Gasteiger partial charge in [-0.1, -0.05) is 12.2 Å². The molecule has 1 unspecified atom stereocenters. The minimum Gasteiger partial charge on any atom is -0.325 e. The van der Waals surface area contributed by atoms with E-state index in [1.54, 1.807) is 0 Å². The van der Waals surface area contributed by atoms with E-state index in [2.05, 4.69) is 12.2 Å². The minimum atomic E-state index is 0.240. The Hall–Kier alpha value is -0.300. The van der Waals surface area contributed by atoms with E-state index in [4.69, 9.17) is 5.73 Å². The van der Waals surface area contributed by atoms with Crippen molar-refractivity contribution >= 4 is 0 Å². The Morgan fingerprint density at radius 1 is 1.67 bits per heavy atom. The van der Waals surface area contributed by atoms with Gasteiger partial charge >= 0.3 is 0 Å². The van der Waals surface area contributed by atoms with Crippen molar-refractivity contribution in [2.24, 2.45) is 11.7 Å². The van der Waals surface area contributed by atoms with Crippen molar-refractivity contribution in [3.8, 4) is 0 Å². The molecule has 0 aliphatic heterocycles. The first-order chi connectivity index (χ1) is 4.29. The van der Waals surface area contributed by atoms with Crippen molar-refractivity contribution in [3.63, 3.8) is 0 Å². The summed E-state index contributed by atoms with van der Waals surface area (Å²) in [5, 5.41) is 0. The van der Waals surface area contributed by atoms with Crippen LogP contribution in [0.3, 0.4) is 0 Å². The summed E-state index contributed by atoms with van der Waals surface area (Å²) in [6, 6.07) is 0.240. The van der Waals surface area contributed by atoms with Crippen molar-refractivity contribution in [2.75, 3.05) is 0 Å². The van der Waals surface area contributed by atoms with Gasteiger partial charge in [-0.2, -0.15) is 0 Å². The third-order valence-electron chi connectivity index (χ3n) is 1.61. The molecule has 1 nitrogen and oxygen atoms in total. The van der Waals surface area contributed by atoms with Crippen LogP contribution in [0.1, 0.15) is 26.2 Å². The summed E-state index contributed by atoms with van der Waals surface area (Å²) < 4.78 is 0. The minimum absolute atomic E-state index is 0.240. The molecule has 52 valence electrons. The Bertz CT molecular complexity index is 101. The third-order valence-corrected chi connectivity index (χ3v) is 1.61. The molecule has 1 rings (SSSR count). The van der Waals surface area contributed by atoms with Gasteiger partial charge < -0.3 is 5.73 Å². The molecule has 9 heavy (non-hydrogen) atoms. The predicted molar refractivity (Wildman–Crippen MR) is 40.1 cm³/mol. The van der Waals surface area contributed by atoms with Crippen molar-refractivity contribution in [3.05, 3.63) is 12.2 Å². The van der Waals surface area contributed by atoms with E-state index in [0.29, 0.717) is 0 Å². The van der Waals surface area contributed by atoms with Gasteiger partial charge in [-0.3, -0.25) is 0 Å². The summed E-state index contributed by atoms with van der Waals surface area (Å²) in [5.41, 5.74) is 5.51. The van der Waals surface area contributed by atoms with Crippen LogP contribution in [0.15, 0.2) is 12.2 Å². The number of allylic oxidation sites excluding steroid dienone is 1. The second-order valence-corrected chi connectivity index (χ2v) is 2.97. The van der Waals surface area contributed by atoms with Crippen molar-refractivity contribution in [2.45, 2.75) is 32.2 Å². The smallest absolute Gasteiger partial charge is 0.0194 e. The van der Waals surface area contributed by atoms with E-state index in [9.17, 15) is 0 Å². The fourth-order valence-corrected chi connectivity index (χ4v) is 0.839. The first-order valence-electron chi connectivity index (χ1n) is 3.71. The predicted octanol–water partition coefficient (Wildman–Crippen LogP) is 1.69. The maximum atomic E-state index is 5.51. The quantitative estimate of drug-likeness (QED) is 0.571. The van der Waals surface area contributed by atoms with Gasteiger partial charge in [0.2, 0.25) is 0 Å². The van der Waals surface area contributed by atoms with Crippen LogP contribution in [-0.2, 0) is 0 Å². The van der Waals surface area contributed by atoms with Crippen LogP contribution in [0, 0.1) is 5.92 Å². The second kappa shape index (κ2) is 3.02. The molecule has 0 aromatic heterocycles. The lowest BCUT2D eigenvalue weighted by molar-refractivity contribution is 0.844. The van der Waals surface area contributed by atoms with E-state index in [1.807, 2.05) is 6.92 Å². The highest BCUT2D eigenvalue weighted by Crippen LogP contribution is 2.32. The molecule has 1 heteroatoms. The second-order valence-electron chi connectivity index (χ2n) is 2.97. The van der Waals surface area contributed by atoms with Crippen LogP contribution in [0.25, 0.3) is 0 Å². The molecule has 0 aromatic carbocycles. The maximum Gasteiger partial charge on any atom is 0.0194 e. The number of nitrogens with two attached hydrogens (primary N) is 1. The van der Waals surface area contributed by atoms with Crippen molar-refractivity contribution < 1.29 is 0 Å². The highest BCUT2D eigenvalue weighted by Gasteiger charge is 2.18. The summed E-state index contributed by atoms with van der Waals surface area (Å²) in [5.74, 6) is 1.000. The summed E-state index contributed by atoms with van der Waals surface area (Å²) in [7, 11) is 0. The van der Waals surface area contributed by atoms with Gasteiger partial charge in [0, 0.05) is 6.04 Å². The number of rotatable bonds is 3. The van der Waals surface area contributed by atoms with Gasteiger partial charge in [-0.25, -0.2) is 0 Å². The van der Waals surface area contributed by atoms with Gasteiger partial charge in [0.1, 0.15) is 0 Å². The molecular formula is C8H15N. The van der Waals surface area contributed by atoms with Crippen LogP contribution in [0.2, 0.25) is 0 Å². The zero-order valence-electron chi connectivity index (χ0n) is 6.01. The molecule has 0 spiro atoms. The monoisotopic (exact) mass is 125 g/mol.